The summed E-state index contributed by atoms with van der Waals surface area (Å²) in [7, 11) is 0. The molecule has 0 amide bonds. The second-order valence-electron chi connectivity index (χ2n) is 7.04. The summed E-state index contributed by atoms with van der Waals surface area (Å²) in [5.74, 6) is 2.11. The number of pyridine rings is 1. The average Bonchev–Trinajstić information content (AvgIpc) is 2.74. The van der Waals surface area contributed by atoms with Gasteiger partial charge in [-0.2, -0.15) is 4.57 Å². The van der Waals surface area contributed by atoms with E-state index in [1.165, 1.54) is 0 Å². The number of thiocarbonyl (C=S) groups is 1. The Hall–Kier alpha value is -3.31. The summed E-state index contributed by atoms with van der Waals surface area (Å²) in [5.41, 5.74) is 7.24. The lowest BCUT2D eigenvalue weighted by atomic mass is 9.74. The summed E-state index contributed by atoms with van der Waals surface area (Å²) in [5, 5.41) is 23.0. The zero-order valence-corrected chi connectivity index (χ0v) is 16.4. The van der Waals surface area contributed by atoms with E-state index in [1.54, 1.807) is 12.3 Å². The Labute approximate surface area is 174 Å². The summed E-state index contributed by atoms with van der Waals surface area (Å²) in [6, 6.07) is 22.2. The molecule has 1 aliphatic rings. The lowest BCUT2D eigenvalue weighted by Gasteiger charge is -2.43. The number of hydrogen-bond donors (Lipinski definition) is 4. The van der Waals surface area contributed by atoms with Crippen LogP contribution in [0.3, 0.4) is 0 Å². The van der Waals surface area contributed by atoms with E-state index in [0.717, 1.165) is 5.56 Å². The average molecular weight is 402 g/mol. The highest BCUT2D eigenvalue weighted by atomic mass is 32.1. The fourth-order valence-electron chi connectivity index (χ4n) is 4.01. The van der Waals surface area contributed by atoms with Crippen molar-refractivity contribution < 1.29 is 9.67 Å². The molecular weight excluding hydrogens is 380 g/mol. The number of aromatic nitrogens is 1. The van der Waals surface area contributed by atoms with E-state index in [1.807, 2.05) is 77.5 Å². The van der Waals surface area contributed by atoms with Crippen LogP contribution in [0, 0.1) is 5.41 Å². The smallest absolute Gasteiger partial charge is 0.227 e. The molecule has 3 aromatic rings. The molecule has 1 fully saturated rings. The summed E-state index contributed by atoms with van der Waals surface area (Å²) in [6.07, 6.45) is 3.65. The fraction of sp³-hybridized carbons (Fsp3) is 0.130. The Kier molecular flexibility index (Phi) is 4.99. The molecule has 6 heteroatoms. The molecule has 4 rings (SSSR count). The highest BCUT2D eigenvalue weighted by Gasteiger charge is 2.56. The van der Waals surface area contributed by atoms with Gasteiger partial charge in [0, 0.05) is 11.6 Å². The maximum Gasteiger partial charge on any atom is 0.227 e. The first-order chi connectivity index (χ1) is 14.0. The van der Waals surface area contributed by atoms with Gasteiger partial charge in [0.1, 0.15) is 4.99 Å². The van der Waals surface area contributed by atoms with E-state index in [2.05, 4.69) is 11.2 Å². The van der Waals surface area contributed by atoms with Gasteiger partial charge in [0.25, 0.3) is 0 Å². The van der Waals surface area contributed by atoms with Crippen LogP contribution in [0.25, 0.3) is 0 Å². The molecule has 1 aliphatic heterocycles. The van der Waals surface area contributed by atoms with Gasteiger partial charge in [-0.1, -0.05) is 72.9 Å². The van der Waals surface area contributed by atoms with Crippen molar-refractivity contribution in [2.75, 3.05) is 5.73 Å². The number of piperidine rings is 1. The molecule has 0 aliphatic carbocycles. The summed E-state index contributed by atoms with van der Waals surface area (Å²) >= 11 is 5.56. The largest absolute Gasteiger partial charge is 0.394 e. The van der Waals surface area contributed by atoms with Crippen molar-refractivity contribution in [3.05, 3.63) is 102 Å². The SMILES string of the molecule is N=C=C1C(=S)NC(O)(c2ccccc2)C([n+]2cccc(N)c2)C1c1ccccc1. The zero-order chi connectivity index (χ0) is 20.4. The molecule has 5 N–H and O–H groups in total. The number of aliphatic hydroxyl groups is 1. The van der Waals surface area contributed by atoms with Crippen molar-refractivity contribution >= 4 is 28.8 Å². The van der Waals surface area contributed by atoms with Crippen molar-refractivity contribution in [3.8, 4) is 0 Å². The molecule has 144 valence electrons. The normalized spacial score (nSPS) is 23.9. The van der Waals surface area contributed by atoms with Crippen LogP contribution in [0.5, 0.6) is 0 Å². The van der Waals surface area contributed by atoms with Crippen molar-refractivity contribution in [3.63, 3.8) is 0 Å². The van der Waals surface area contributed by atoms with E-state index in [-0.39, 0.29) is 0 Å². The molecule has 29 heavy (non-hydrogen) atoms. The number of anilines is 1. The maximum atomic E-state index is 12.0. The van der Waals surface area contributed by atoms with Crippen LogP contribution in [0.2, 0.25) is 0 Å². The summed E-state index contributed by atoms with van der Waals surface area (Å²) in [6.45, 7) is 0. The number of hydrogen-bond acceptors (Lipinski definition) is 4. The Morgan fingerprint density at radius 2 is 1.69 bits per heavy atom. The minimum Gasteiger partial charge on any atom is -0.394 e. The van der Waals surface area contributed by atoms with Gasteiger partial charge in [-0.15, -0.1) is 0 Å². The molecule has 2 heterocycles. The number of benzene rings is 2. The quantitative estimate of drug-likeness (QED) is 0.235. The van der Waals surface area contributed by atoms with Gasteiger partial charge >= 0.3 is 0 Å². The first-order valence-electron chi connectivity index (χ1n) is 9.26. The van der Waals surface area contributed by atoms with Gasteiger partial charge in [-0.3, -0.25) is 5.41 Å². The predicted molar refractivity (Wildman–Crippen MR) is 117 cm³/mol. The Bertz CT molecular complexity index is 1100. The van der Waals surface area contributed by atoms with Crippen LogP contribution < -0.4 is 15.6 Å². The minimum absolute atomic E-state index is 0.306. The van der Waals surface area contributed by atoms with Crippen molar-refractivity contribution in [1.29, 1.82) is 5.41 Å². The highest BCUT2D eigenvalue weighted by molar-refractivity contribution is 7.80. The van der Waals surface area contributed by atoms with Gasteiger partial charge < -0.3 is 16.2 Å². The van der Waals surface area contributed by atoms with Crippen molar-refractivity contribution in [2.24, 2.45) is 0 Å². The molecule has 5 nitrogen and oxygen atoms in total. The maximum absolute atomic E-state index is 12.0. The third kappa shape index (κ3) is 3.34. The number of nitrogens with two attached hydrogens (primary N) is 1. The van der Waals surface area contributed by atoms with Crippen LogP contribution >= 0.6 is 12.2 Å². The Balaban J connectivity index is 2.01. The van der Waals surface area contributed by atoms with Crippen molar-refractivity contribution in [2.45, 2.75) is 17.7 Å². The lowest BCUT2D eigenvalue weighted by Crippen LogP contribution is -2.65. The Morgan fingerprint density at radius 3 is 2.31 bits per heavy atom. The molecule has 0 spiro atoms. The standard InChI is InChI=1S/C23H20N4OS/c24-14-19-20(16-8-3-1-4-9-16)21(27-13-7-12-18(25)15-27)23(28,26-22(19)29)17-10-5-2-6-11-17/h1-13,15,20-21,24,28H,25H2/p+1. The van der Waals surface area contributed by atoms with Crippen LogP contribution in [-0.2, 0) is 5.72 Å². The van der Waals surface area contributed by atoms with E-state index < -0.39 is 17.7 Å². The van der Waals surface area contributed by atoms with Crippen LogP contribution in [-0.4, -0.2) is 16.0 Å². The van der Waals surface area contributed by atoms with Crippen LogP contribution in [0.15, 0.2) is 90.8 Å². The molecule has 3 atom stereocenters. The van der Waals surface area contributed by atoms with E-state index in [4.69, 9.17) is 23.4 Å². The van der Waals surface area contributed by atoms with Gasteiger partial charge in [0.05, 0.1) is 17.2 Å². The van der Waals surface area contributed by atoms with Crippen LogP contribution in [0.1, 0.15) is 23.1 Å². The van der Waals surface area contributed by atoms with Gasteiger partial charge in [-0.25, -0.2) is 0 Å². The van der Waals surface area contributed by atoms with E-state index in [9.17, 15) is 5.11 Å². The third-order valence-electron chi connectivity index (χ3n) is 5.28. The number of nitrogens with zero attached hydrogens (tertiary/aromatic N) is 1. The van der Waals surface area contributed by atoms with Crippen molar-refractivity contribution in [1.82, 2.24) is 5.32 Å². The first kappa shape index (κ1) is 19.0. The topological polar surface area (TPSA) is 86.0 Å². The molecule has 3 unspecified atom stereocenters. The minimum atomic E-state index is -1.52. The van der Waals surface area contributed by atoms with Crippen LogP contribution in [0.4, 0.5) is 5.69 Å². The van der Waals surface area contributed by atoms with Gasteiger partial charge in [0.2, 0.25) is 11.8 Å². The zero-order valence-electron chi connectivity index (χ0n) is 15.6. The first-order valence-corrected chi connectivity index (χ1v) is 9.66. The summed E-state index contributed by atoms with van der Waals surface area (Å²) < 4.78 is 1.88. The second kappa shape index (κ2) is 7.60. The predicted octanol–water partition coefficient (Wildman–Crippen LogP) is 2.83. The number of rotatable bonds is 3. The van der Waals surface area contributed by atoms with E-state index >= 15 is 0 Å². The molecule has 0 bridgehead atoms. The fourth-order valence-corrected chi connectivity index (χ4v) is 4.34. The Morgan fingerprint density at radius 1 is 1.03 bits per heavy atom. The molecule has 0 radical (unpaired) electrons. The molecular formula is C23H21N4OS+. The van der Waals surface area contributed by atoms with Gasteiger partial charge in [0.15, 0.2) is 12.4 Å². The second-order valence-corrected chi connectivity index (χ2v) is 7.45. The lowest BCUT2D eigenvalue weighted by molar-refractivity contribution is -0.742. The molecule has 1 aromatic heterocycles. The molecule has 0 saturated carbocycles. The monoisotopic (exact) mass is 401 g/mol. The van der Waals surface area contributed by atoms with Gasteiger partial charge in [-0.05, 0) is 17.5 Å². The molecule has 2 aromatic carbocycles. The number of nitrogen functional groups attached to an aromatic ring is 1. The van der Waals surface area contributed by atoms with E-state index in [0.29, 0.717) is 21.8 Å². The molecule has 1 saturated heterocycles. The number of nitrogens with one attached hydrogen (secondary N) is 2. The third-order valence-corrected chi connectivity index (χ3v) is 5.60. The highest BCUT2D eigenvalue weighted by Crippen LogP contribution is 2.45. The summed E-state index contributed by atoms with van der Waals surface area (Å²) in [4.78, 5) is 0.306.